The van der Waals surface area contributed by atoms with Crippen molar-refractivity contribution in [2.75, 3.05) is 38.3 Å². The van der Waals surface area contributed by atoms with Gasteiger partial charge in [0.15, 0.2) is 0 Å². The van der Waals surface area contributed by atoms with Gasteiger partial charge in [-0.15, -0.1) is 0 Å². The summed E-state index contributed by atoms with van der Waals surface area (Å²) in [5.41, 5.74) is 1.07. The van der Waals surface area contributed by atoms with Crippen LogP contribution in [0.3, 0.4) is 0 Å². The van der Waals surface area contributed by atoms with Gasteiger partial charge in [0, 0.05) is 13.1 Å². The first kappa shape index (κ1) is 12.2. The minimum Gasteiger partial charge on any atom is -0.495 e. The van der Waals surface area contributed by atoms with E-state index in [0.717, 1.165) is 37.5 Å². The third kappa shape index (κ3) is 2.70. The lowest BCUT2D eigenvalue weighted by molar-refractivity contribution is 0.259. The molecule has 1 aliphatic heterocycles. The van der Waals surface area contributed by atoms with Crippen LogP contribution in [0.2, 0.25) is 0 Å². The lowest BCUT2D eigenvalue weighted by Crippen LogP contribution is -2.42. The van der Waals surface area contributed by atoms with E-state index in [1.807, 2.05) is 24.3 Å². The van der Waals surface area contributed by atoms with Crippen LogP contribution in [0, 0.1) is 0 Å². The normalized spacial score (nSPS) is 21.1. The molecule has 4 heteroatoms. The van der Waals surface area contributed by atoms with Crippen molar-refractivity contribution < 1.29 is 9.84 Å². The number of benzene rings is 1. The van der Waals surface area contributed by atoms with Crippen LogP contribution < -0.4 is 15.0 Å². The molecule has 17 heavy (non-hydrogen) atoms. The molecular weight excluding hydrogens is 216 g/mol. The van der Waals surface area contributed by atoms with Crippen molar-refractivity contribution in [2.45, 2.75) is 12.5 Å². The Morgan fingerprint density at radius 2 is 2.29 bits per heavy atom. The largest absolute Gasteiger partial charge is 0.495 e. The summed E-state index contributed by atoms with van der Waals surface area (Å²) >= 11 is 0. The van der Waals surface area contributed by atoms with Crippen LogP contribution in [0.4, 0.5) is 5.69 Å². The molecule has 0 radical (unpaired) electrons. The number of para-hydroxylation sites is 2. The minimum absolute atomic E-state index is 0.119. The number of anilines is 1. The number of nitrogens with one attached hydrogen (secondary N) is 1. The second-order valence-corrected chi connectivity index (χ2v) is 4.26. The molecule has 0 amide bonds. The molecule has 0 aromatic heterocycles. The highest BCUT2D eigenvalue weighted by Gasteiger charge is 2.22. The summed E-state index contributed by atoms with van der Waals surface area (Å²) in [7, 11) is 1.68. The molecule has 4 nitrogen and oxygen atoms in total. The lowest BCUT2D eigenvalue weighted by atomic mass is 10.2. The van der Waals surface area contributed by atoms with Gasteiger partial charge in [-0.2, -0.15) is 0 Å². The van der Waals surface area contributed by atoms with Gasteiger partial charge in [-0.1, -0.05) is 12.1 Å². The summed E-state index contributed by atoms with van der Waals surface area (Å²) in [5.74, 6) is 0.868. The highest BCUT2D eigenvalue weighted by Crippen LogP contribution is 2.29. The quantitative estimate of drug-likeness (QED) is 0.817. The summed E-state index contributed by atoms with van der Waals surface area (Å²) in [6.07, 6.45) is 1.08. The van der Waals surface area contributed by atoms with E-state index in [-0.39, 0.29) is 12.6 Å². The molecule has 2 N–H and O–H groups in total. The number of ether oxygens (including phenoxy) is 1. The molecule has 1 heterocycles. The second kappa shape index (κ2) is 5.89. The Bertz CT molecular complexity index is 357. The molecule has 2 rings (SSSR count). The van der Waals surface area contributed by atoms with Crippen LogP contribution in [0.15, 0.2) is 24.3 Å². The zero-order valence-corrected chi connectivity index (χ0v) is 10.2. The van der Waals surface area contributed by atoms with E-state index in [9.17, 15) is 5.11 Å². The first-order chi connectivity index (χ1) is 8.36. The number of hydrogen-bond donors (Lipinski definition) is 2. The number of aliphatic hydroxyl groups excluding tert-OH is 1. The SMILES string of the molecule is COc1ccccc1N1CCCNCC1CO. The molecule has 0 bridgehead atoms. The third-order valence-corrected chi connectivity index (χ3v) is 3.18. The summed E-state index contributed by atoms with van der Waals surface area (Å²) in [6.45, 7) is 2.92. The van der Waals surface area contributed by atoms with Gasteiger partial charge in [-0.05, 0) is 25.1 Å². The zero-order chi connectivity index (χ0) is 12.1. The van der Waals surface area contributed by atoms with Gasteiger partial charge in [0.05, 0.1) is 25.4 Å². The monoisotopic (exact) mass is 236 g/mol. The lowest BCUT2D eigenvalue weighted by Gasteiger charge is -2.31. The van der Waals surface area contributed by atoms with Crippen LogP contribution in [0.25, 0.3) is 0 Å². The van der Waals surface area contributed by atoms with Gasteiger partial charge in [-0.25, -0.2) is 0 Å². The Labute approximate surface area is 102 Å². The van der Waals surface area contributed by atoms with E-state index < -0.39 is 0 Å². The van der Waals surface area contributed by atoms with Crippen molar-refractivity contribution >= 4 is 5.69 Å². The van der Waals surface area contributed by atoms with E-state index in [1.54, 1.807) is 7.11 Å². The highest BCUT2D eigenvalue weighted by atomic mass is 16.5. The van der Waals surface area contributed by atoms with Crippen molar-refractivity contribution in [2.24, 2.45) is 0 Å². The van der Waals surface area contributed by atoms with Crippen molar-refractivity contribution in [3.05, 3.63) is 24.3 Å². The first-order valence-corrected chi connectivity index (χ1v) is 6.08. The van der Waals surface area contributed by atoms with E-state index in [4.69, 9.17) is 4.74 Å². The molecular formula is C13H20N2O2. The molecule has 1 aliphatic rings. The van der Waals surface area contributed by atoms with Crippen molar-refractivity contribution in [3.8, 4) is 5.75 Å². The van der Waals surface area contributed by atoms with Crippen LogP contribution >= 0.6 is 0 Å². The molecule has 1 saturated heterocycles. The Morgan fingerprint density at radius 1 is 1.47 bits per heavy atom. The minimum atomic E-state index is 0.119. The van der Waals surface area contributed by atoms with Crippen molar-refractivity contribution in [3.63, 3.8) is 0 Å². The summed E-state index contributed by atoms with van der Waals surface area (Å²) in [6, 6.07) is 8.10. The van der Waals surface area contributed by atoms with E-state index in [2.05, 4.69) is 10.2 Å². The summed E-state index contributed by atoms with van der Waals surface area (Å²) in [5, 5.41) is 12.8. The average molecular weight is 236 g/mol. The van der Waals surface area contributed by atoms with Gasteiger partial charge >= 0.3 is 0 Å². The average Bonchev–Trinajstić information content (AvgIpc) is 2.63. The van der Waals surface area contributed by atoms with Crippen LogP contribution in [-0.2, 0) is 0 Å². The maximum atomic E-state index is 9.49. The standard InChI is InChI=1S/C13H20N2O2/c1-17-13-6-3-2-5-12(13)15-8-4-7-14-9-11(15)10-16/h2-3,5-6,11,14,16H,4,7-10H2,1H3. The zero-order valence-electron chi connectivity index (χ0n) is 10.2. The Balaban J connectivity index is 2.28. The summed E-state index contributed by atoms with van der Waals surface area (Å²) < 4.78 is 5.39. The maximum Gasteiger partial charge on any atom is 0.142 e. The number of rotatable bonds is 3. The number of hydrogen-bond acceptors (Lipinski definition) is 4. The number of methoxy groups -OCH3 is 1. The molecule has 0 aliphatic carbocycles. The van der Waals surface area contributed by atoms with Crippen LogP contribution in [-0.4, -0.2) is 44.5 Å². The van der Waals surface area contributed by atoms with Crippen molar-refractivity contribution in [1.29, 1.82) is 0 Å². The third-order valence-electron chi connectivity index (χ3n) is 3.18. The van der Waals surface area contributed by atoms with Gasteiger partial charge in [0.25, 0.3) is 0 Å². The molecule has 0 spiro atoms. The van der Waals surface area contributed by atoms with Crippen LogP contribution in [0.5, 0.6) is 5.75 Å². The summed E-state index contributed by atoms with van der Waals surface area (Å²) in [4.78, 5) is 2.23. The Kier molecular flexibility index (Phi) is 4.23. The molecule has 1 aromatic rings. The maximum absolute atomic E-state index is 9.49. The van der Waals surface area contributed by atoms with Gasteiger partial charge in [0.1, 0.15) is 5.75 Å². The molecule has 1 atom stereocenters. The van der Waals surface area contributed by atoms with Gasteiger partial charge in [-0.3, -0.25) is 0 Å². The topological polar surface area (TPSA) is 44.7 Å². The molecule has 1 unspecified atom stereocenters. The van der Waals surface area contributed by atoms with Crippen molar-refractivity contribution in [1.82, 2.24) is 5.32 Å². The smallest absolute Gasteiger partial charge is 0.142 e. The Morgan fingerprint density at radius 3 is 3.06 bits per heavy atom. The molecule has 94 valence electrons. The molecule has 1 fully saturated rings. The number of aliphatic hydroxyl groups is 1. The van der Waals surface area contributed by atoms with E-state index in [1.165, 1.54) is 0 Å². The van der Waals surface area contributed by atoms with Gasteiger partial charge in [0.2, 0.25) is 0 Å². The first-order valence-electron chi connectivity index (χ1n) is 6.08. The number of nitrogens with zero attached hydrogens (tertiary/aromatic N) is 1. The van der Waals surface area contributed by atoms with Crippen LogP contribution in [0.1, 0.15) is 6.42 Å². The fourth-order valence-electron chi connectivity index (χ4n) is 2.28. The van der Waals surface area contributed by atoms with E-state index >= 15 is 0 Å². The second-order valence-electron chi connectivity index (χ2n) is 4.26. The predicted molar refractivity (Wildman–Crippen MR) is 68.7 cm³/mol. The van der Waals surface area contributed by atoms with E-state index in [0.29, 0.717) is 0 Å². The Hall–Kier alpha value is -1.26. The molecule has 0 saturated carbocycles. The fourth-order valence-corrected chi connectivity index (χ4v) is 2.28. The fraction of sp³-hybridized carbons (Fsp3) is 0.538. The predicted octanol–water partition coefficient (Wildman–Crippen LogP) is 0.856. The molecule has 1 aromatic carbocycles. The van der Waals surface area contributed by atoms with Gasteiger partial charge < -0.3 is 20.1 Å². The highest BCUT2D eigenvalue weighted by molar-refractivity contribution is 5.59.